The number of nitrogens with one attached hydrogen (secondary N) is 2. The molecule has 0 heterocycles. The van der Waals surface area contributed by atoms with Gasteiger partial charge in [-0.25, -0.2) is 4.79 Å². The quantitative estimate of drug-likeness (QED) is 0.335. The summed E-state index contributed by atoms with van der Waals surface area (Å²) in [7, 11) is 0. The van der Waals surface area contributed by atoms with Gasteiger partial charge in [0.1, 0.15) is 17.7 Å². The Bertz CT molecular complexity index is 974. The minimum atomic E-state index is -0.966. The van der Waals surface area contributed by atoms with E-state index in [0.717, 1.165) is 6.42 Å². The molecule has 7 nitrogen and oxygen atoms in total. The number of hydrogen-bond donors (Lipinski definition) is 2. The lowest BCUT2D eigenvalue weighted by molar-refractivity contribution is -0.146. The van der Waals surface area contributed by atoms with Crippen molar-refractivity contribution in [3.05, 3.63) is 35.4 Å². The summed E-state index contributed by atoms with van der Waals surface area (Å²) >= 11 is 0. The second kappa shape index (κ2) is 14.8. The van der Waals surface area contributed by atoms with Crippen LogP contribution >= 0.6 is 0 Å². The zero-order valence-electron chi connectivity index (χ0n) is 25.1. The minimum Gasteiger partial charge on any atom is -0.444 e. The van der Waals surface area contributed by atoms with E-state index in [2.05, 4.69) is 30.4 Å². The number of benzene rings is 1. The molecule has 38 heavy (non-hydrogen) atoms. The highest BCUT2D eigenvalue weighted by molar-refractivity contribution is 5.93. The number of amides is 3. The average molecular weight is 528 g/mol. The predicted octanol–water partition coefficient (Wildman–Crippen LogP) is 5.83. The Morgan fingerprint density at radius 3 is 2.11 bits per heavy atom. The van der Waals surface area contributed by atoms with Gasteiger partial charge in [0.25, 0.3) is 0 Å². The summed E-state index contributed by atoms with van der Waals surface area (Å²) in [5, 5.41) is 5.80. The zero-order valence-corrected chi connectivity index (χ0v) is 25.1. The van der Waals surface area contributed by atoms with Crippen molar-refractivity contribution in [3.63, 3.8) is 0 Å². The number of terminal acetylenes is 1. The third-order valence-electron chi connectivity index (χ3n) is 6.41. The molecule has 0 radical (unpaired) electrons. The molecule has 0 saturated carbocycles. The van der Waals surface area contributed by atoms with Crippen LogP contribution in [0.15, 0.2) is 24.3 Å². The van der Waals surface area contributed by atoms with Crippen molar-refractivity contribution in [2.75, 3.05) is 0 Å². The molecule has 0 bridgehead atoms. The van der Waals surface area contributed by atoms with Gasteiger partial charge in [-0.2, -0.15) is 0 Å². The first-order chi connectivity index (χ1) is 17.6. The Morgan fingerprint density at radius 2 is 1.61 bits per heavy atom. The van der Waals surface area contributed by atoms with Crippen molar-refractivity contribution in [2.24, 2.45) is 11.8 Å². The Kier molecular flexibility index (Phi) is 12.9. The normalized spacial score (nSPS) is 14.7. The third-order valence-corrected chi connectivity index (χ3v) is 6.41. The summed E-state index contributed by atoms with van der Waals surface area (Å²) < 4.78 is 5.49. The zero-order chi connectivity index (χ0) is 29.2. The molecule has 0 aromatic heterocycles. The predicted molar refractivity (Wildman–Crippen MR) is 153 cm³/mol. The van der Waals surface area contributed by atoms with Crippen LogP contribution in [0.1, 0.15) is 106 Å². The van der Waals surface area contributed by atoms with E-state index in [-0.39, 0.29) is 29.8 Å². The first-order valence-electron chi connectivity index (χ1n) is 13.8. The minimum absolute atomic E-state index is 0.142. The molecule has 0 fully saturated rings. The van der Waals surface area contributed by atoms with Crippen LogP contribution in [0.4, 0.5) is 4.79 Å². The summed E-state index contributed by atoms with van der Waals surface area (Å²) in [6, 6.07) is 4.91. The molecule has 1 aromatic rings. The van der Waals surface area contributed by atoms with Crippen LogP contribution < -0.4 is 10.6 Å². The summed E-state index contributed by atoms with van der Waals surface area (Å²) in [4.78, 5) is 42.7. The monoisotopic (exact) mass is 527 g/mol. The van der Waals surface area contributed by atoms with Gasteiger partial charge in [-0.3, -0.25) is 9.59 Å². The van der Waals surface area contributed by atoms with E-state index in [1.807, 2.05) is 46.8 Å². The fourth-order valence-corrected chi connectivity index (χ4v) is 4.24. The molecule has 1 rings (SSSR count). The van der Waals surface area contributed by atoms with Gasteiger partial charge in [-0.05, 0) is 77.8 Å². The summed E-state index contributed by atoms with van der Waals surface area (Å²) in [6.07, 6.45) is 7.37. The molecular weight excluding hydrogens is 478 g/mol. The Balaban J connectivity index is 3.74. The summed E-state index contributed by atoms with van der Waals surface area (Å²) in [6.45, 7) is 19.2. The van der Waals surface area contributed by atoms with E-state index in [4.69, 9.17) is 11.2 Å². The van der Waals surface area contributed by atoms with Gasteiger partial charge in [0, 0.05) is 17.6 Å². The number of carbonyl (C=O) groups excluding carboxylic acids is 3. The van der Waals surface area contributed by atoms with E-state index >= 15 is 0 Å². The highest BCUT2D eigenvalue weighted by atomic mass is 16.6. The fourth-order valence-electron chi connectivity index (χ4n) is 4.24. The average Bonchev–Trinajstić information content (AvgIpc) is 2.81. The van der Waals surface area contributed by atoms with E-state index in [1.165, 1.54) is 0 Å². The second-order valence-corrected chi connectivity index (χ2v) is 11.9. The SMILES string of the molecule is C#Cc1ccccc1C(C(=O)NC(C)C)N(C(=O)C(NC(=O)OC(C)(C)C)C(C)CC)C(C)CCC(C)C. The molecule has 1 aromatic carbocycles. The molecule has 2 N–H and O–H groups in total. The molecule has 0 aliphatic rings. The Labute approximate surface area is 230 Å². The van der Waals surface area contributed by atoms with Crippen molar-refractivity contribution < 1.29 is 19.1 Å². The van der Waals surface area contributed by atoms with Crippen molar-refractivity contribution in [1.29, 1.82) is 0 Å². The Hall–Kier alpha value is -3.01. The molecule has 4 unspecified atom stereocenters. The fraction of sp³-hybridized carbons (Fsp3) is 0.645. The maximum atomic E-state index is 14.5. The van der Waals surface area contributed by atoms with Gasteiger partial charge >= 0.3 is 6.09 Å². The van der Waals surface area contributed by atoms with Gasteiger partial charge in [0.2, 0.25) is 11.8 Å². The van der Waals surface area contributed by atoms with Crippen LogP contribution in [-0.4, -0.2) is 46.5 Å². The van der Waals surface area contributed by atoms with Crippen molar-refractivity contribution in [3.8, 4) is 12.3 Å². The maximum absolute atomic E-state index is 14.5. The molecule has 4 atom stereocenters. The van der Waals surface area contributed by atoms with Crippen LogP contribution in [0.2, 0.25) is 0 Å². The highest BCUT2D eigenvalue weighted by Gasteiger charge is 2.41. The van der Waals surface area contributed by atoms with Crippen LogP contribution in [-0.2, 0) is 14.3 Å². The van der Waals surface area contributed by atoms with Gasteiger partial charge in [-0.1, -0.05) is 58.2 Å². The summed E-state index contributed by atoms with van der Waals surface area (Å²) in [5.41, 5.74) is 0.409. The van der Waals surface area contributed by atoms with Gasteiger partial charge < -0.3 is 20.3 Å². The number of rotatable bonds is 12. The molecular formula is C31H49N3O4. The van der Waals surface area contributed by atoms with E-state index in [0.29, 0.717) is 29.9 Å². The molecule has 212 valence electrons. The number of alkyl carbamates (subject to hydrolysis) is 1. The lowest BCUT2D eigenvalue weighted by Crippen LogP contribution is -2.57. The standard InChI is InChI=1S/C31H49N3O4/c1-12-22(7)26(33-30(37)38-31(9,10)11)29(36)34(23(8)19-18-20(3)4)27(28(35)32-21(5)6)25-17-15-14-16-24(25)13-2/h2,14-17,20-23,26-27H,12,18-19H2,1,3-11H3,(H,32,35)(H,33,37). The first kappa shape index (κ1) is 33.0. The topological polar surface area (TPSA) is 87.7 Å². The van der Waals surface area contributed by atoms with E-state index < -0.39 is 23.8 Å². The van der Waals surface area contributed by atoms with Crippen molar-refractivity contribution in [1.82, 2.24) is 15.5 Å². The van der Waals surface area contributed by atoms with Crippen molar-refractivity contribution in [2.45, 2.75) is 118 Å². The maximum Gasteiger partial charge on any atom is 0.408 e. The highest BCUT2D eigenvalue weighted by Crippen LogP contribution is 2.30. The van der Waals surface area contributed by atoms with Crippen LogP contribution in [0.3, 0.4) is 0 Å². The summed E-state index contributed by atoms with van der Waals surface area (Å²) in [5.74, 6) is 2.25. The smallest absolute Gasteiger partial charge is 0.408 e. The Morgan fingerprint density at radius 1 is 1.00 bits per heavy atom. The molecule has 0 aliphatic heterocycles. The van der Waals surface area contributed by atoms with Gasteiger partial charge in [0.05, 0.1) is 0 Å². The molecule has 7 heteroatoms. The first-order valence-corrected chi connectivity index (χ1v) is 13.8. The number of nitrogens with zero attached hydrogens (tertiary/aromatic N) is 1. The molecule has 3 amide bonds. The lowest BCUT2D eigenvalue weighted by atomic mass is 9.91. The van der Waals surface area contributed by atoms with E-state index in [1.54, 1.807) is 37.8 Å². The van der Waals surface area contributed by atoms with Gasteiger partial charge in [0.15, 0.2) is 0 Å². The number of carbonyl (C=O) groups is 3. The third kappa shape index (κ3) is 10.0. The number of hydrogen-bond acceptors (Lipinski definition) is 4. The largest absolute Gasteiger partial charge is 0.444 e. The molecule has 0 spiro atoms. The van der Waals surface area contributed by atoms with Crippen LogP contribution in [0.25, 0.3) is 0 Å². The van der Waals surface area contributed by atoms with Crippen LogP contribution in [0, 0.1) is 24.2 Å². The van der Waals surface area contributed by atoms with Crippen molar-refractivity contribution >= 4 is 17.9 Å². The molecule has 0 saturated heterocycles. The van der Waals surface area contributed by atoms with Gasteiger partial charge in [-0.15, -0.1) is 6.42 Å². The lowest BCUT2D eigenvalue weighted by Gasteiger charge is -2.40. The molecule has 0 aliphatic carbocycles. The van der Waals surface area contributed by atoms with Crippen LogP contribution in [0.5, 0.6) is 0 Å². The number of ether oxygens (including phenoxy) is 1. The second-order valence-electron chi connectivity index (χ2n) is 11.9. The van der Waals surface area contributed by atoms with E-state index in [9.17, 15) is 14.4 Å².